The van der Waals surface area contributed by atoms with E-state index in [1.807, 2.05) is 6.07 Å². The molecule has 6 rings (SSSR count). The fourth-order valence-electron chi connectivity index (χ4n) is 7.06. The molecular formula is C31H37ClN2O6S. The summed E-state index contributed by atoms with van der Waals surface area (Å²) in [5.41, 5.74) is 3.25. The number of ether oxygens (including phenoxy) is 2. The number of sulfonamides is 1. The van der Waals surface area contributed by atoms with E-state index in [0.717, 1.165) is 42.8 Å². The number of benzene rings is 2. The smallest absolute Gasteiger partial charge is 0.264 e. The average molecular weight is 601 g/mol. The highest BCUT2D eigenvalue weighted by Crippen LogP contribution is 2.46. The van der Waals surface area contributed by atoms with Gasteiger partial charge in [0.1, 0.15) is 11.0 Å². The van der Waals surface area contributed by atoms with E-state index in [1.165, 1.54) is 18.2 Å². The second-order valence-electron chi connectivity index (χ2n) is 12.0. The van der Waals surface area contributed by atoms with E-state index in [4.69, 9.17) is 21.1 Å². The summed E-state index contributed by atoms with van der Waals surface area (Å²) in [4.78, 5) is 15.6. The van der Waals surface area contributed by atoms with Gasteiger partial charge in [-0.15, -0.1) is 0 Å². The number of hydrogen-bond acceptors (Lipinski definition) is 7. The molecule has 2 bridgehead atoms. The third kappa shape index (κ3) is 5.49. The lowest BCUT2D eigenvalue weighted by Gasteiger charge is -2.45. The summed E-state index contributed by atoms with van der Waals surface area (Å²) in [6.45, 7) is 1.80. The molecule has 2 aromatic carbocycles. The van der Waals surface area contributed by atoms with Crippen molar-refractivity contribution < 1.29 is 27.8 Å². The molecule has 0 unspecified atom stereocenters. The summed E-state index contributed by atoms with van der Waals surface area (Å²) in [6, 6.07) is 11.3. The van der Waals surface area contributed by atoms with Crippen LogP contribution in [0.3, 0.4) is 0 Å². The van der Waals surface area contributed by atoms with Gasteiger partial charge in [0.2, 0.25) is 10.0 Å². The van der Waals surface area contributed by atoms with Crippen LogP contribution in [0.4, 0.5) is 5.69 Å². The van der Waals surface area contributed by atoms with Gasteiger partial charge in [-0.2, -0.15) is 0 Å². The van der Waals surface area contributed by atoms with Crippen LogP contribution < -0.4 is 14.4 Å². The van der Waals surface area contributed by atoms with Gasteiger partial charge >= 0.3 is 0 Å². The summed E-state index contributed by atoms with van der Waals surface area (Å²) in [6.07, 6.45) is 7.68. The molecule has 10 heteroatoms. The van der Waals surface area contributed by atoms with Gasteiger partial charge in [-0.05, 0) is 91.8 Å². The van der Waals surface area contributed by atoms with Crippen molar-refractivity contribution in [2.45, 2.75) is 55.3 Å². The molecule has 2 heterocycles. The Morgan fingerprint density at radius 3 is 2.85 bits per heavy atom. The number of allylic oxidation sites excluding steroid dienone is 1. The van der Waals surface area contributed by atoms with E-state index < -0.39 is 27.3 Å². The fourth-order valence-corrected chi connectivity index (χ4v) is 8.48. The van der Waals surface area contributed by atoms with Gasteiger partial charge in [0.25, 0.3) is 5.91 Å². The van der Waals surface area contributed by atoms with E-state index >= 15 is 0 Å². The lowest BCUT2D eigenvalue weighted by molar-refractivity contribution is 0.0456. The third-order valence-electron chi connectivity index (χ3n) is 9.43. The first-order valence-electron chi connectivity index (χ1n) is 14.4. The number of carbonyl (C=O) groups is 1. The maximum absolute atomic E-state index is 13.3. The summed E-state index contributed by atoms with van der Waals surface area (Å²) < 4.78 is 40.3. The van der Waals surface area contributed by atoms with Crippen LogP contribution in [0.2, 0.25) is 5.02 Å². The van der Waals surface area contributed by atoms with Crippen molar-refractivity contribution in [2.24, 2.45) is 11.8 Å². The molecule has 2 aliphatic carbocycles. The van der Waals surface area contributed by atoms with Gasteiger partial charge in [-0.25, -0.2) is 13.1 Å². The first-order valence-corrected chi connectivity index (χ1v) is 16.3. The maximum Gasteiger partial charge on any atom is 0.264 e. The molecule has 2 N–H and O–H groups in total. The molecule has 8 nitrogen and oxygen atoms in total. The molecule has 41 heavy (non-hydrogen) atoms. The van der Waals surface area contributed by atoms with Crippen molar-refractivity contribution in [3.05, 3.63) is 70.3 Å². The number of rotatable bonds is 2. The molecule has 0 saturated heterocycles. The van der Waals surface area contributed by atoms with Crippen LogP contribution in [0, 0.1) is 11.8 Å². The van der Waals surface area contributed by atoms with E-state index in [2.05, 4.69) is 21.8 Å². The Labute approximate surface area is 246 Å². The number of nitrogens with one attached hydrogen (secondary N) is 1. The van der Waals surface area contributed by atoms with E-state index in [-0.39, 0.29) is 35.8 Å². The SMILES string of the molecule is COC[C@H]1C/C=C\[C@H](O)[C@@H]2CC[C@H]2CN2C[C@@]3(CCCc4cc(Cl)ccc43)COc3ccc(cc32)C(=O)NS1(=O)=O. The monoisotopic (exact) mass is 600 g/mol. The second kappa shape index (κ2) is 11.2. The minimum atomic E-state index is -4.05. The summed E-state index contributed by atoms with van der Waals surface area (Å²) in [7, 11) is -2.62. The number of halogens is 1. The van der Waals surface area contributed by atoms with Crippen LogP contribution in [0.15, 0.2) is 48.6 Å². The molecule has 1 saturated carbocycles. The Kier molecular flexibility index (Phi) is 7.82. The summed E-state index contributed by atoms with van der Waals surface area (Å²) >= 11 is 6.37. The molecule has 2 aliphatic heterocycles. The first kappa shape index (κ1) is 28.5. The number of aryl methyl sites for hydroxylation is 1. The van der Waals surface area contributed by atoms with E-state index in [1.54, 1.807) is 30.4 Å². The zero-order valence-corrected chi connectivity index (χ0v) is 24.8. The van der Waals surface area contributed by atoms with Gasteiger partial charge in [0.05, 0.1) is 25.0 Å². The second-order valence-corrected chi connectivity index (χ2v) is 14.4. The predicted molar refractivity (Wildman–Crippen MR) is 158 cm³/mol. The minimum absolute atomic E-state index is 0.0674. The van der Waals surface area contributed by atoms with Crippen LogP contribution in [0.5, 0.6) is 5.75 Å². The molecule has 5 atom stereocenters. The lowest BCUT2D eigenvalue weighted by Crippen LogP contribution is -2.49. The number of methoxy groups -OCH3 is 1. The quantitative estimate of drug-likeness (QED) is 0.497. The Hall–Kier alpha value is -2.59. The number of fused-ring (bicyclic) bond motifs is 4. The number of aliphatic hydroxyl groups is 1. The molecule has 220 valence electrons. The number of nitrogens with zero attached hydrogens (tertiary/aromatic N) is 1. The zero-order chi connectivity index (χ0) is 28.8. The highest BCUT2D eigenvalue weighted by atomic mass is 35.5. The largest absolute Gasteiger partial charge is 0.490 e. The van der Waals surface area contributed by atoms with Crippen molar-refractivity contribution in [1.82, 2.24) is 4.72 Å². The van der Waals surface area contributed by atoms with Crippen LogP contribution in [-0.2, 0) is 26.6 Å². The van der Waals surface area contributed by atoms with Crippen LogP contribution in [0.25, 0.3) is 0 Å². The lowest BCUT2D eigenvalue weighted by atomic mass is 9.68. The molecule has 1 amide bonds. The van der Waals surface area contributed by atoms with Gasteiger partial charge in [0.15, 0.2) is 0 Å². The Bertz CT molecular complexity index is 1460. The van der Waals surface area contributed by atoms with Gasteiger partial charge in [-0.1, -0.05) is 29.8 Å². The Morgan fingerprint density at radius 1 is 1.22 bits per heavy atom. The molecular weight excluding hydrogens is 564 g/mol. The molecule has 4 aliphatic rings. The van der Waals surface area contributed by atoms with Crippen molar-refractivity contribution in [3.63, 3.8) is 0 Å². The van der Waals surface area contributed by atoms with E-state index in [9.17, 15) is 18.3 Å². The maximum atomic E-state index is 13.3. The predicted octanol–water partition coefficient (Wildman–Crippen LogP) is 4.23. The summed E-state index contributed by atoms with van der Waals surface area (Å²) in [5, 5.41) is 10.8. The normalized spacial score (nSPS) is 31.7. The molecule has 0 radical (unpaired) electrons. The zero-order valence-electron chi connectivity index (χ0n) is 23.2. The Balaban J connectivity index is 1.42. The highest BCUT2D eigenvalue weighted by Gasteiger charge is 2.44. The van der Waals surface area contributed by atoms with Gasteiger partial charge < -0.3 is 19.5 Å². The standard InChI is InChI=1S/C31H37ClN2O6S/c1-39-17-24-5-2-6-28(35)25-10-7-22(25)16-34-18-31(13-3-4-20-14-23(32)9-11-26(20)31)19-40-29-12-8-21(15-27(29)34)30(36)33-41(24,37)38/h2,6,8-9,11-12,14-15,22,24-25,28,35H,3-5,7,10,13,16-19H2,1H3,(H,33,36)/b6-2-/t22-,24+,25+,28-,31-/m0/s1. The van der Waals surface area contributed by atoms with Crippen LogP contribution >= 0.6 is 11.6 Å². The van der Waals surface area contributed by atoms with Crippen molar-refractivity contribution in [1.29, 1.82) is 0 Å². The minimum Gasteiger partial charge on any atom is -0.490 e. The van der Waals surface area contributed by atoms with Gasteiger partial charge in [-0.3, -0.25) is 4.79 Å². The molecule has 1 fully saturated rings. The van der Waals surface area contributed by atoms with Crippen LogP contribution in [0.1, 0.15) is 53.6 Å². The fraction of sp³-hybridized carbons (Fsp3) is 0.516. The van der Waals surface area contributed by atoms with E-state index in [0.29, 0.717) is 25.4 Å². The number of hydrogen-bond donors (Lipinski definition) is 2. The molecule has 1 spiro atoms. The number of amides is 1. The van der Waals surface area contributed by atoms with Crippen molar-refractivity contribution >= 4 is 33.2 Å². The molecule has 2 aromatic rings. The van der Waals surface area contributed by atoms with Crippen LogP contribution in [-0.4, -0.2) is 64.2 Å². The topological polar surface area (TPSA) is 105 Å². The average Bonchev–Trinajstić information content (AvgIpc) is 3.07. The first-order chi connectivity index (χ1) is 19.7. The molecule has 0 aromatic heterocycles. The highest BCUT2D eigenvalue weighted by molar-refractivity contribution is 7.90. The number of anilines is 1. The number of aliphatic hydroxyl groups excluding tert-OH is 1. The number of carbonyl (C=O) groups excluding carboxylic acids is 1. The van der Waals surface area contributed by atoms with Crippen molar-refractivity contribution in [3.8, 4) is 5.75 Å². The Morgan fingerprint density at radius 2 is 2.07 bits per heavy atom. The third-order valence-corrected chi connectivity index (χ3v) is 11.3. The summed E-state index contributed by atoms with van der Waals surface area (Å²) in [5.74, 6) is 0.288. The van der Waals surface area contributed by atoms with Gasteiger partial charge in [0, 0.05) is 36.2 Å². The van der Waals surface area contributed by atoms with Crippen molar-refractivity contribution in [2.75, 3.05) is 38.3 Å².